The third-order valence-corrected chi connectivity index (χ3v) is 2.14. The highest BCUT2D eigenvalue weighted by Crippen LogP contribution is 2.20. The summed E-state index contributed by atoms with van der Waals surface area (Å²) < 4.78 is 31.1. The molecule has 1 aromatic carbocycles. The molecule has 0 atom stereocenters. The molecule has 0 amide bonds. The Bertz CT molecular complexity index is 492. The number of rotatable bonds is 2. The van der Waals surface area contributed by atoms with E-state index in [1.165, 1.54) is 18.2 Å². The molecular weight excluding hydrogens is 228 g/mol. The van der Waals surface area contributed by atoms with Crippen molar-refractivity contribution in [1.82, 2.24) is 0 Å². The van der Waals surface area contributed by atoms with E-state index < -0.39 is 10.3 Å². The molecule has 0 unspecified atom stereocenters. The Kier molecular flexibility index (Phi) is 2.96. The average molecular weight is 233 g/mol. The molecule has 0 saturated carbocycles. The molecule has 5 nitrogen and oxygen atoms in total. The molecule has 0 aliphatic rings. The smallest absolute Gasteiger partial charge is 0.269 e. The predicted octanol–water partition coefficient (Wildman–Crippen LogP) is 1.43. The van der Waals surface area contributed by atoms with Gasteiger partial charge in [-0.1, -0.05) is 11.6 Å². The lowest BCUT2D eigenvalue weighted by Gasteiger charge is -2.02. The highest BCUT2D eigenvalue weighted by molar-refractivity contribution is 7.87. The molecule has 14 heavy (non-hydrogen) atoms. The first kappa shape index (κ1) is 10.8. The summed E-state index contributed by atoms with van der Waals surface area (Å²) in [6.45, 7) is 0. The predicted molar refractivity (Wildman–Crippen MR) is 51.3 cm³/mol. The van der Waals surface area contributed by atoms with Gasteiger partial charge in [-0.2, -0.15) is 13.7 Å². The lowest BCUT2D eigenvalue weighted by molar-refractivity contribution is 0.490. The molecule has 0 bridgehead atoms. The summed E-state index contributed by atoms with van der Waals surface area (Å²) in [5, 5.41) is 8.63. The molecule has 74 valence electrons. The van der Waals surface area contributed by atoms with Gasteiger partial charge in [0.1, 0.15) is 6.07 Å². The van der Waals surface area contributed by atoms with Crippen LogP contribution in [0.5, 0.6) is 0 Å². The quantitative estimate of drug-likeness (QED) is 0.755. The van der Waals surface area contributed by atoms with Crippen LogP contribution in [-0.4, -0.2) is 13.0 Å². The summed E-state index contributed by atoms with van der Waals surface area (Å²) in [5.74, 6) is 0. The lowest BCUT2D eigenvalue weighted by Crippen LogP contribution is -2.10. The fraction of sp³-hybridized carbons (Fsp3) is 0. The highest BCUT2D eigenvalue weighted by atomic mass is 35.5. The van der Waals surface area contributed by atoms with Crippen LogP contribution in [0.3, 0.4) is 0 Å². The van der Waals surface area contributed by atoms with E-state index in [1.54, 1.807) is 0 Å². The van der Waals surface area contributed by atoms with Crippen LogP contribution in [0.2, 0.25) is 5.02 Å². The van der Waals surface area contributed by atoms with Gasteiger partial charge in [-0.15, -0.1) is 0 Å². The minimum atomic E-state index is -4.31. The maximum Gasteiger partial charge on any atom is 0.357 e. The van der Waals surface area contributed by atoms with Crippen molar-refractivity contribution in [3.05, 3.63) is 28.8 Å². The van der Waals surface area contributed by atoms with Crippen molar-refractivity contribution in [3.8, 4) is 6.07 Å². The molecule has 0 heterocycles. The molecule has 7 heteroatoms. The number of nitrogens with zero attached hydrogens (tertiary/aromatic N) is 1. The van der Waals surface area contributed by atoms with Gasteiger partial charge < -0.3 is 0 Å². The first-order valence-electron chi connectivity index (χ1n) is 3.37. The largest absolute Gasteiger partial charge is 0.357 e. The van der Waals surface area contributed by atoms with E-state index in [0.717, 1.165) is 0 Å². The Hall–Kier alpha value is -1.29. The molecule has 0 fully saturated rings. The van der Waals surface area contributed by atoms with Crippen LogP contribution < -0.4 is 4.72 Å². The van der Waals surface area contributed by atoms with Gasteiger partial charge in [0.05, 0.1) is 16.3 Å². The van der Waals surface area contributed by atoms with E-state index in [9.17, 15) is 8.42 Å². The van der Waals surface area contributed by atoms with Crippen molar-refractivity contribution in [2.45, 2.75) is 0 Å². The van der Waals surface area contributed by atoms with Crippen molar-refractivity contribution in [2.24, 2.45) is 0 Å². The van der Waals surface area contributed by atoms with E-state index in [0.29, 0.717) is 0 Å². The van der Waals surface area contributed by atoms with Crippen LogP contribution in [0.15, 0.2) is 18.2 Å². The first-order valence-corrected chi connectivity index (χ1v) is 5.19. The van der Waals surface area contributed by atoms with Crippen LogP contribution in [0, 0.1) is 11.3 Å². The number of hydrogen-bond acceptors (Lipinski definition) is 3. The van der Waals surface area contributed by atoms with E-state index in [2.05, 4.69) is 0 Å². The Labute approximate surface area is 85.8 Å². The minimum absolute atomic E-state index is 0.0940. The van der Waals surface area contributed by atoms with Gasteiger partial charge in [-0.05, 0) is 18.2 Å². The normalized spacial score (nSPS) is 10.6. The van der Waals surface area contributed by atoms with Crippen LogP contribution in [0.25, 0.3) is 0 Å². The van der Waals surface area contributed by atoms with Crippen LogP contribution in [-0.2, 0) is 10.3 Å². The average Bonchev–Trinajstić information content (AvgIpc) is 2.01. The minimum Gasteiger partial charge on any atom is -0.269 e. The number of halogens is 1. The molecule has 1 rings (SSSR count). The lowest BCUT2D eigenvalue weighted by atomic mass is 10.2. The van der Waals surface area contributed by atoms with Crippen molar-refractivity contribution >= 4 is 27.6 Å². The second kappa shape index (κ2) is 3.84. The van der Waals surface area contributed by atoms with E-state index in [1.807, 2.05) is 10.8 Å². The van der Waals surface area contributed by atoms with Gasteiger partial charge in [0.2, 0.25) is 0 Å². The zero-order valence-corrected chi connectivity index (χ0v) is 8.30. The van der Waals surface area contributed by atoms with Crippen molar-refractivity contribution in [2.75, 3.05) is 4.72 Å². The zero-order chi connectivity index (χ0) is 10.8. The molecule has 1 aromatic rings. The molecule has 0 aliphatic heterocycles. The number of hydrogen-bond donors (Lipinski definition) is 2. The Morgan fingerprint density at radius 3 is 2.57 bits per heavy atom. The van der Waals surface area contributed by atoms with Gasteiger partial charge in [0, 0.05) is 0 Å². The molecular formula is C7H5ClN2O3S. The van der Waals surface area contributed by atoms with Crippen LogP contribution in [0.1, 0.15) is 5.56 Å². The van der Waals surface area contributed by atoms with Crippen LogP contribution in [0.4, 0.5) is 5.69 Å². The topological polar surface area (TPSA) is 90.2 Å². The maximum atomic E-state index is 10.4. The second-order valence-electron chi connectivity index (χ2n) is 2.38. The van der Waals surface area contributed by atoms with Gasteiger partial charge >= 0.3 is 10.3 Å². The Morgan fingerprint density at radius 1 is 1.50 bits per heavy atom. The first-order chi connectivity index (χ1) is 6.42. The summed E-state index contributed by atoms with van der Waals surface area (Å²) in [6, 6.07) is 5.70. The maximum absolute atomic E-state index is 10.4. The van der Waals surface area contributed by atoms with Gasteiger partial charge in [0.15, 0.2) is 0 Å². The Balaban J connectivity index is 3.06. The summed E-state index contributed by atoms with van der Waals surface area (Å²) >= 11 is 5.62. The SMILES string of the molecule is N#Cc1ccc(NS(=O)(=O)O)cc1Cl. The Morgan fingerprint density at radius 2 is 2.14 bits per heavy atom. The molecule has 0 aliphatic carbocycles. The van der Waals surface area contributed by atoms with Gasteiger partial charge in [0.25, 0.3) is 0 Å². The van der Waals surface area contributed by atoms with E-state index in [-0.39, 0.29) is 16.3 Å². The summed E-state index contributed by atoms with van der Waals surface area (Å²) in [7, 11) is -4.31. The summed E-state index contributed by atoms with van der Waals surface area (Å²) in [6.07, 6.45) is 0. The number of benzene rings is 1. The van der Waals surface area contributed by atoms with Gasteiger partial charge in [-0.25, -0.2) is 0 Å². The van der Waals surface area contributed by atoms with Gasteiger partial charge in [-0.3, -0.25) is 9.27 Å². The standard InChI is InChI=1S/C7H5ClN2O3S/c8-7-3-6(10-14(11,12)13)2-1-5(7)4-9/h1-3,10H,(H,11,12,13). The van der Waals surface area contributed by atoms with E-state index in [4.69, 9.17) is 21.4 Å². The van der Waals surface area contributed by atoms with Crippen molar-refractivity contribution in [1.29, 1.82) is 5.26 Å². The van der Waals surface area contributed by atoms with Crippen molar-refractivity contribution < 1.29 is 13.0 Å². The monoisotopic (exact) mass is 232 g/mol. The summed E-state index contributed by atoms with van der Waals surface area (Å²) in [4.78, 5) is 0. The number of nitriles is 1. The van der Waals surface area contributed by atoms with E-state index >= 15 is 0 Å². The highest BCUT2D eigenvalue weighted by Gasteiger charge is 2.06. The molecule has 0 radical (unpaired) electrons. The molecule has 2 N–H and O–H groups in total. The number of nitrogens with one attached hydrogen (secondary N) is 1. The number of anilines is 1. The third-order valence-electron chi connectivity index (χ3n) is 1.34. The molecule has 0 saturated heterocycles. The van der Waals surface area contributed by atoms with Crippen LogP contribution >= 0.6 is 11.6 Å². The molecule has 0 spiro atoms. The molecule has 0 aromatic heterocycles. The second-order valence-corrected chi connectivity index (χ2v) is 3.95. The third kappa shape index (κ3) is 2.88. The van der Waals surface area contributed by atoms with Crippen molar-refractivity contribution in [3.63, 3.8) is 0 Å². The fourth-order valence-corrected chi connectivity index (χ4v) is 1.47. The fourth-order valence-electron chi connectivity index (χ4n) is 0.818. The summed E-state index contributed by atoms with van der Waals surface area (Å²) in [5.41, 5.74) is 0.323. The zero-order valence-electron chi connectivity index (χ0n) is 6.73.